The van der Waals surface area contributed by atoms with Crippen LogP contribution in [0, 0.1) is 6.92 Å². The molecule has 2 rings (SSSR count). The van der Waals surface area contributed by atoms with Crippen LogP contribution in [0.4, 0.5) is 0 Å². The van der Waals surface area contributed by atoms with Crippen LogP contribution >= 0.6 is 0 Å². The number of nitrogens with one attached hydrogen (secondary N) is 2. The summed E-state index contributed by atoms with van der Waals surface area (Å²) >= 11 is 0. The van der Waals surface area contributed by atoms with E-state index >= 15 is 0 Å². The molecule has 1 aromatic heterocycles. The number of aryl methyl sites for hydroxylation is 1. The van der Waals surface area contributed by atoms with Gasteiger partial charge in [-0.15, -0.1) is 6.58 Å². The van der Waals surface area contributed by atoms with Gasteiger partial charge in [-0.3, -0.25) is 19.6 Å². The van der Waals surface area contributed by atoms with E-state index < -0.39 is 0 Å². The Kier molecular flexibility index (Phi) is 5.10. The summed E-state index contributed by atoms with van der Waals surface area (Å²) in [5.74, 6) is -0.0163. The minimum Gasteiger partial charge on any atom is -0.352 e. The second-order valence-electron chi connectivity index (χ2n) is 5.07. The lowest BCUT2D eigenvalue weighted by Crippen LogP contribution is -2.51. The van der Waals surface area contributed by atoms with Crippen molar-refractivity contribution in [2.45, 2.75) is 6.92 Å². The summed E-state index contributed by atoms with van der Waals surface area (Å²) in [5.41, 5.74) is 1.40. The van der Waals surface area contributed by atoms with Crippen molar-refractivity contribution in [1.29, 1.82) is 0 Å². The summed E-state index contributed by atoms with van der Waals surface area (Å²) in [6, 6.07) is 0. The molecule has 1 saturated heterocycles. The Morgan fingerprint density at radius 3 is 2.71 bits per heavy atom. The molecule has 7 heteroatoms. The first-order chi connectivity index (χ1) is 10.1. The van der Waals surface area contributed by atoms with Gasteiger partial charge in [-0.1, -0.05) is 6.08 Å². The third kappa shape index (κ3) is 3.91. The largest absolute Gasteiger partial charge is 0.352 e. The molecule has 0 saturated carbocycles. The molecule has 0 radical (unpaired) electrons. The summed E-state index contributed by atoms with van der Waals surface area (Å²) in [4.78, 5) is 27.8. The number of carbonyl (C=O) groups excluding carboxylic acids is 2. The van der Waals surface area contributed by atoms with Crippen molar-refractivity contribution in [3.8, 4) is 0 Å². The monoisotopic (exact) mass is 291 g/mol. The molecule has 21 heavy (non-hydrogen) atoms. The van der Waals surface area contributed by atoms with E-state index in [1.165, 1.54) is 0 Å². The Hall–Kier alpha value is -2.15. The summed E-state index contributed by atoms with van der Waals surface area (Å²) in [6.45, 7) is 8.88. The summed E-state index contributed by atoms with van der Waals surface area (Å²) < 4.78 is 0. The van der Waals surface area contributed by atoms with Gasteiger partial charge in [0, 0.05) is 38.4 Å². The highest BCUT2D eigenvalue weighted by Gasteiger charge is 2.24. The Balaban J connectivity index is 1.80. The second kappa shape index (κ2) is 7.03. The highest BCUT2D eigenvalue weighted by molar-refractivity contribution is 5.95. The maximum absolute atomic E-state index is 12.3. The second-order valence-corrected chi connectivity index (χ2v) is 5.07. The fourth-order valence-corrected chi connectivity index (χ4v) is 2.29. The molecule has 0 unspecified atom stereocenters. The van der Waals surface area contributed by atoms with Crippen LogP contribution in [0.5, 0.6) is 0 Å². The molecule has 1 aromatic rings. The Bertz CT molecular complexity index is 517. The summed E-state index contributed by atoms with van der Waals surface area (Å²) in [6.07, 6.45) is 3.22. The van der Waals surface area contributed by atoms with Crippen molar-refractivity contribution >= 4 is 11.8 Å². The molecule has 0 aromatic carbocycles. The van der Waals surface area contributed by atoms with Gasteiger partial charge in [-0.05, 0) is 6.92 Å². The zero-order valence-corrected chi connectivity index (χ0v) is 12.3. The van der Waals surface area contributed by atoms with Crippen LogP contribution in [0.1, 0.15) is 16.1 Å². The van der Waals surface area contributed by atoms with Crippen molar-refractivity contribution in [2.75, 3.05) is 39.3 Å². The number of rotatable bonds is 5. The van der Waals surface area contributed by atoms with Gasteiger partial charge in [-0.25, -0.2) is 0 Å². The Morgan fingerprint density at radius 1 is 1.43 bits per heavy atom. The van der Waals surface area contributed by atoms with Crippen LogP contribution in [0.3, 0.4) is 0 Å². The molecule has 0 bridgehead atoms. The Labute approximate surface area is 124 Å². The predicted molar refractivity (Wildman–Crippen MR) is 78.9 cm³/mol. The van der Waals surface area contributed by atoms with Crippen LogP contribution in [-0.4, -0.2) is 71.1 Å². The number of carbonyl (C=O) groups is 2. The van der Waals surface area contributed by atoms with Crippen LogP contribution < -0.4 is 5.32 Å². The number of nitrogens with zero attached hydrogens (tertiary/aromatic N) is 3. The van der Waals surface area contributed by atoms with Crippen LogP contribution in [-0.2, 0) is 4.79 Å². The number of aromatic amines is 1. The smallest absolute Gasteiger partial charge is 0.257 e. The van der Waals surface area contributed by atoms with Crippen LogP contribution in [0.25, 0.3) is 0 Å². The van der Waals surface area contributed by atoms with Gasteiger partial charge < -0.3 is 10.2 Å². The fourth-order valence-electron chi connectivity index (χ4n) is 2.29. The molecule has 1 aliphatic rings. The lowest BCUT2D eigenvalue weighted by atomic mass is 10.2. The van der Waals surface area contributed by atoms with Gasteiger partial charge >= 0.3 is 0 Å². The lowest BCUT2D eigenvalue weighted by Gasteiger charge is -2.34. The SMILES string of the molecule is C=CCNC(=O)CN1CCN(C(=O)c2cn[nH]c2C)CC1. The molecule has 0 spiro atoms. The minimum absolute atomic E-state index is 0.00277. The molecule has 2 heterocycles. The molecule has 0 atom stereocenters. The van der Waals surface area contributed by atoms with Crippen molar-refractivity contribution in [1.82, 2.24) is 25.3 Å². The van der Waals surface area contributed by atoms with Gasteiger partial charge in [0.05, 0.1) is 18.3 Å². The normalized spacial score (nSPS) is 15.8. The number of hydrogen-bond donors (Lipinski definition) is 2. The molecular formula is C14H21N5O2. The fraction of sp³-hybridized carbons (Fsp3) is 0.500. The molecule has 1 aliphatic heterocycles. The highest BCUT2D eigenvalue weighted by atomic mass is 16.2. The standard InChI is InChI=1S/C14H21N5O2/c1-3-4-15-13(20)10-18-5-7-19(8-6-18)14(21)12-9-16-17-11(12)2/h3,9H,1,4-8,10H2,2H3,(H,15,20)(H,16,17). The van der Waals surface area contributed by atoms with Crippen molar-refractivity contribution in [3.05, 3.63) is 30.1 Å². The average Bonchev–Trinajstić information content (AvgIpc) is 2.91. The average molecular weight is 291 g/mol. The minimum atomic E-state index is -0.0136. The number of H-pyrrole nitrogens is 1. The molecular weight excluding hydrogens is 270 g/mol. The zero-order valence-electron chi connectivity index (χ0n) is 12.3. The van der Waals surface area contributed by atoms with E-state index in [0.717, 1.165) is 5.69 Å². The van der Waals surface area contributed by atoms with E-state index in [9.17, 15) is 9.59 Å². The molecule has 2 amide bonds. The van der Waals surface area contributed by atoms with E-state index in [0.29, 0.717) is 44.8 Å². The van der Waals surface area contributed by atoms with Crippen molar-refractivity contribution in [3.63, 3.8) is 0 Å². The van der Waals surface area contributed by atoms with Crippen molar-refractivity contribution in [2.24, 2.45) is 0 Å². The van der Waals surface area contributed by atoms with Gasteiger partial charge in [-0.2, -0.15) is 5.10 Å². The maximum Gasteiger partial charge on any atom is 0.257 e. The number of aromatic nitrogens is 2. The van der Waals surface area contributed by atoms with E-state index in [1.54, 1.807) is 17.2 Å². The first kappa shape index (κ1) is 15.2. The Morgan fingerprint density at radius 2 is 2.14 bits per heavy atom. The quantitative estimate of drug-likeness (QED) is 0.735. The van der Waals surface area contributed by atoms with Gasteiger partial charge in [0.15, 0.2) is 0 Å². The van der Waals surface area contributed by atoms with E-state index in [-0.39, 0.29) is 11.8 Å². The van der Waals surface area contributed by atoms with Gasteiger partial charge in [0.2, 0.25) is 5.91 Å². The molecule has 7 nitrogen and oxygen atoms in total. The maximum atomic E-state index is 12.3. The molecule has 114 valence electrons. The molecule has 2 N–H and O–H groups in total. The third-order valence-corrected chi connectivity index (χ3v) is 3.53. The number of hydrogen-bond acceptors (Lipinski definition) is 4. The number of piperazine rings is 1. The summed E-state index contributed by atoms with van der Waals surface area (Å²) in [5, 5.41) is 9.40. The zero-order chi connectivity index (χ0) is 15.2. The van der Waals surface area contributed by atoms with Gasteiger partial charge in [0.1, 0.15) is 0 Å². The molecule has 1 fully saturated rings. The van der Waals surface area contributed by atoms with Gasteiger partial charge in [0.25, 0.3) is 5.91 Å². The first-order valence-corrected chi connectivity index (χ1v) is 7.01. The van der Waals surface area contributed by atoms with E-state index in [4.69, 9.17) is 0 Å². The van der Waals surface area contributed by atoms with Crippen LogP contribution in [0.15, 0.2) is 18.9 Å². The van der Waals surface area contributed by atoms with E-state index in [1.807, 2.05) is 11.8 Å². The predicted octanol–water partition coefficient (Wildman–Crippen LogP) is -0.222. The van der Waals surface area contributed by atoms with E-state index in [2.05, 4.69) is 22.1 Å². The lowest BCUT2D eigenvalue weighted by molar-refractivity contribution is -0.122. The topological polar surface area (TPSA) is 81.3 Å². The van der Waals surface area contributed by atoms with Crippen molar-refractivity contribution < 1.29 is 9.59 Å². The highest BCUT2D eigenvalue weighted by Crippen LogP contribution is 2.10. The third-order valence-electron chi connectivity index (χ3n) is 3.53. The number of amides is 2. The summed E-state index contributed by atoms with van der Waals surface area (Å²) in [7, 11) is 0. The van der Waals surface area contributed by atoms with Crippen LogP contribution in [0.2, 0.25) is 0 Å². The first-order valence-electron chi connectivity index (χ1n) is 7.01. The molecule has 0 aliphatic carbocycles.